The van der Waals surface area contributed by atoms with Gasteiger partial charge >= 0.3 is 0 Å². The summed E-state index contributed by atoms with van der Waals surface area (Å²) < 4.78 is 34.4. The van der Waals surface area contributed by atoms with E-state index < -0.39 is 10.0 Å². The number of piperazine rings is 1. The first-order valence-corrected chi connectivity index (χ1v) is 11.3. The third-order valence-electron chi connectivity index (χ3n) is 4.82. The standard InChI is InChI=1S/C20H25BrN2O3S/c1-4-26-19-8-6-5-7-18(19)22-9-11-23(12-10-22)27(24,25)20-14-17(21)15(2)13-16(20)3/h5-8,13-14H,4,9-12H2,1-3H3. The lowest BCUT2D eigenvalue weighted by Crippen LogP contribution is -2.48. The summed E-state index contributed by atoms with van der Waals surface area (Å²) in [5.74, 6) is 0.842. The van der Waals surface area contributed by atoms with Crippen LogP contribution in [0.2, 0.25) is 0 Å². The zero-order valence-electron chi connectivity index (χ0n) is 15.9. The van der Waals surface area contributed by atoms with Crippen LogP contribution in [-0.4, -0.2) is 45.5 Å². The van der Waals surface area contributed by atoms with E-state index in [9.17, 15) is 8.42 Å². The number of nitrogens with zero attached hydrogens (tertiary/aromatic N) is 2. The van der Waals surface area contributed by atoms with E-state index in [-0.39, 0.29) is 0 Å². The number of hydrogen-bond acceptors (Lipinski definition) is 4. The van der Waals surface area contributed by atoms with E-state index in [1.165, 1.54) is 0 Å². The highest BCUT2D eigenvalue weighted by Crippen LogP contribution is 2.31. The highest BCUT2D eigenvalue weighted by molar-refractivity contribution is 9.10. The van der Waals surface area contributed by atoms with Crippen molar-refractivity contribution in [1.29, 1.82) is 0 Å². The van der Waals surface area contributed by atoms with E-state index in [0.29, 0.717) is 37.7 Å². The first kappa shape index (κ1) is 20.2. The highest BCUT2D eigenvalue weighted by Gasteiger charge is 2.30. The topological polar surface area (TPSA) is 49.9 Å². The number of sulfonamides is 1. The smallest absolute Gasteiger partial charge is 0.243 e. The van der Waals surface area contributed by atoms with Crippen molar-refractivity contribution in [3.63, 3.8) is 0 Å². The molecule has 1 saturated heterocycles. The molecule has 1 heterocycles. The Morgan fingerprint density at radius 1 is 1.04 bits per heavy atom. The predicted molar refractivity (Wildman–Crippen MR) is 112 cm³/mol. The zero-order chi connectivity index (χ0) is 19.6. The fraction of sp³-hybridized carbons (Fsp3) is 0.400. The Morgan fingerprint density at radius 3 is 2.37 bits per heavy atom. The number of ether oxygens (including phenoxy) is 1. The lowest BCUT2D eigenvalue weighted by molar-refractivity contribution is 0.337. The Kier molecular flexibility index (Phi) is 6.13. The van der Waals surface area contributed by atoms with Gasteiger partial charge in [0.15, 0.2) is 0 Å². The Bertz CT molecular complexity index is 923. The van der Waals surface area contributed by atoms with Gasteiger partial charge in [0.1, 0.15) is 5.75 Å². The maximum Gasteiger partial charge on any atom is 0.243 e. The molecule has 0 bridgehead atoms. The molecule has 146 valence electrons. The van der Waals surface area contributed by atoms with Crippen molar-refractivity contribution in [2.75, 3.05) is 37.7 Å². The van der Waals surface area contributed by atoms with Gasteiger partial charge in [-0.2, -0.15) is 4.31 Å². The van der Waals surface area contributed by atoms with Crippen molar-refractivity contribution in [2.24, 2.45) is 0 Å². The summed E-state index contributed by atoms with van der Waals surface area (Å²) in [6.07, 6.45) is 0. The largest absolute Gasteiger partial charge is 0.492 e. The lowest BCUT2D eigenvalue weighted by atomic mass is 10.2. The van der Waals surface area contributed by atoms with Crippen LogP contribution in [-0.2, 0) is 10.0 Å². The van der Waals surface area contributed by atoms with Gasteiger partial charge in [-0.25, -0.2) is 8.42 Å². The molecular formula is C20H25BrN2O3S. The Balaban J connectivity index is 1.79. The number of halogens is 1. The third kappa shape index (κ3) is 4.15. The number of rotatable bonds is 5. The quantitative estimate of drug-likeness (QED) is 0.688. The van der Waals surface area contributed by atoms with Gasteiger partial charge in [-0.05, 0) is 50.1 Å². The molecule has 0 aliphatic carbocycles. The minimum Gasteiger partial charge on any atom is -0.492 e. The maximum absolute atomic E-state index is 13.1. The molecular weight excluding hydrogens is 428 g/mol. The molecule has 5 nitrogen and oxygen atoms in total. The number of benzene rings is 2. The van der Waals surface area contributed by atoms with Crippen LogP contribution in [0.15, 0.2) is 45.8 Å². The van der Waals surface area contributed by atoms with E-state index in [1.807, 2.05) is 51.1 Å². The number of aryl methyl sites for hydroxylation is 2. The number of para-hydroxylation sites is 2. The van der Waals surface area contributed by atoms with E-state index in [1.54, 1.807) is 10.4 Å². The summed E-state index contributed by atoms with van der Waals surface area (Å²) in [7, 11) is -3.51. The summed E-state index contributed by atoms with van der Waals surface area (Å²) in [5.41, 5.74) is 2.83. The molecule has 0 aromatic heterocycles. The highest BCUT2D eigenvalue weighted by atomic mass is 79.9. The second-order valence-corrected chi connectivity index (χ2v) is 9.42. The van der Waals surface area contributed by atoms with Crippen LogP contribution in [0.1, 0.15) is 18.1 Å². The van der Waals surface area contributed by atoms with Gasteiger partial charge in [-0.15, -0.1) is 0 Å². The van der Waals surface area contributed by atoms with Crippen LogP contribution in [0, 0.1) is 13.8 Å². The third-order valence-corrected chi connectivity index (χ3v) is 7.71. The second-order valence-electron chi connectivity index (χ2n) is 6.66. The zero-order valence-corrected chi connectivity index (χ0v) is 18.3. The minimum atomic E-state index is -3.51. The first-order valence-electron chi connectivity index (χ1n) is 9.08. The summed E-state index contributed by atoms with van der Waals surface area (Å²) in [6.45, 7) is 8.55. The maximum atomic E-state index is 13.1. The van der Waals surface area contributed by atoms with E-state index >= 15 is 0 Å². The van der Waals surface area contributed by atoms with Gasteiger partial charge in [0.25, 0.3) is 0 Å². The van der Waals surface area contributed by atoms with Crippen molar-refractivity contribution in [3.05, 3.63) is 52.0 Å². The fourth-order valence-corrected chi connectivity index (χ4v) is 5.54. The molecule has 3 rings (SSSR count). The van der Waals surface area contributed by atoms with E-state index in [2.05, 4.69) is 20.8 Å². The molecule has 0 saturated carbocycles. The molecule has 1 fully saturated rings. The number of hydrogen-bond donors (Lipinski definition) is 0. The van der Waals surface area contributed by atoms with Crippen LogP contribution in [0.25, 0.3) is 0 Å². The molecule has 27 heavy (non-hydrogen) atoms. The lowest BCUT2D eigenvalue weighted by Gasteiger charge is -2.36. The number of anilines is 1. The molecule has 1 aliphatic rings. The van der Waals surface area contributed by atoms with Crippen LogP contribution in [0.5, 0.6) is 5.75 Å². The Morgan fingerprint density at radius 2 is 1.70 bits per heavy atom. The molecule has 7 heteroatoms. The van der Waals surface area contributed by atoms with Crippen molar-refractivity contribution in [2.45, 2.75) is 25.7 Å². The summed E-state index contributed by atoms with van der Waals surface area (Å²) in [4.78, 5) is 2.57. The van der Waals surface area contributed by atoms with E-state index in [4.69, 9.17) is 4.74 Å². The Labute approximate surface area is 170 Å². The molecule has 0 unspecified atom stereocenters. The average molecular weight is 453 g/mol. The van der Waals surface area contributed by atoms with Crippen molar-refractivity contribution in [1.82, 2.24) is 4.31 Å². The van der Waals surface area contributed by atoms with Gasteiger partial charge < -0.3 is 9.64 Å². The van der Waals surface area contributed by atoms with Gasteiger partial charge in [-0.1, -0.05) is 34.1 Å². The van der Waals surface area contributed by atoms with Crippen molar-refractivity contribution < 1.29 is 13.2 Å². The monoisotopic (exact) mass is 452 g/mol. The second kappa shape index (κ2) is 8.20. The molecule has 1 aliphatic heterocycles. The van der Waals surface area contributed by atoms with Crippen molar-refractivity contribution >= 4 is 31.6 Å². The Hall–Kier alpha value is -1.57. The molecule has 0 radical (unpaired) electrons. The van der Waals surface area contributed by atoms with Crippen LogP contribution < -0.4 is 9.64 Å². The van der Waals surface area contributed by atoms with Gasteiger partial charge in [0.05, 0.1) is 17.2 Å². The van der Waals surface area contributed by atoms with Crippen LogP contribution in [0.3, 0.4) is 0 Å². The normalized spacial score (nSPS) is 15.8. The minimum absolute atomic E-state index is 0.378. The molecule has 0 N–H and O–H groups in total. The predicted octanol–water partition coefficient (Wildman–Crippen LogP) is 3.98. The SMILES string of the molecule is CCOc1ccccc1N1CCN(S(=O)(=O)c2cc(Br)c(C)cc2C)CC1. The average Bonchev–Trinajstić information content (AvgIpc) is 2.65. The van der Waals surface area contributed by atoms with Crippen LogP contribution in [0.4, 0.5) is 5.69 Å². The first-order chi connectivity index (χ1) is 12.8. The molecule has 2 aromatic rings. The van der Waals surface area contributed by atoms with Crippen LogP contribution >= 0.6 is 15.9 Å². The van der Waals surface area contributed by atoms with Gasteiger partial charge in [-0.3, -0.25) is 0 Å². The molecule has 0 amide bonds. The van der Waals surface area contributed by atoms with E-state index in [0.717, 1.165) is 27.0 Å². The van der Waals surface area contributed by atoms with Crippen molar-refractivity contribution in [3.8, 4) is 5.75 Å². The summed E-state index contributed by atoms with van der Waals surface area (Å²) >= 11 is 3.45. The van der Waals surface area contributed by atoms with Gasteiger partial charge in [0, 0.05) is 30.7 Å². The van der Waals surface area contributed by atoms with Gasteiger partial charge in [0.2, 0.25) is 10.0 Å². The molecule has 2 aromatic carbocycles. The summed E-state index contributed by atoms with van der Waals surface area (Å²) in [5, 5.41) is 0. The molecule has 0 spiro atoms. The molecule has 0 atom stereocenters. The fourth-order valence-electron chi connectivity index (χ4n) is 3.39. The summed E-state index contributed by atoms with van der Waals surface area (Å²) in [6, 6.07) is 11.5.